The second kappa shape index (κ2) is 5.40. The lowest BCUT2D eigenvalue weighted by atomic mass is 9.76. The van der Waals surface area contributed by atoms with Gasteiger partial charge in [-0.2, -0.15) is 0 Å². The number of fused-ring (bicyclic) bond motifs is 3. The van der Waals surface area contributed by atoms with E-state index in [4.69, 9.17) is 0 Å². The van der Waals surface area contributed by atoms with Crippen molar-refractivity contribution in [2.45, 2.75) is 38.1 Å². The number of anilines is 1. The molecule has 0 saturated carbocycles. The Bertz CT molecular complexity index is 648. The molecule has 0 radical (unpaired) electrons. The fraction of sp³-hybridized carbons (Fsp3) is 0.300. The minimum Gasteiger partial charge on any atom is -0.377 e. The topological polar surface area (TPSA) is 12.0 Å². The van der Waals surface area contributed by atoms with Crippen molar-refractivity contribution < 1.29 is 0 Å². The summed E-state index contributed by atoms with van der Waals surface area (Å²) in [6, 6.07) is 7.09. The molecule has 0 bridgehead atoms. The van der Waals surface area contributed by atoms with Gasteiger partial charge in [0, 0.05) is 11.1 Å². The van der Waals surface area contributed by atoms with Crippen molar-refractivity contribution in [2.24, 2.45) is 0 Å². The van der Waals surface area contributed by atoms with E-state index in [0.29, 0.717) is 6.04 Å². The summed E-state index contributed by atoms with van der Waals surface area (Å²) in [5.74, 6) is 0. The summed E-state index contributed by atoms with van der Waals surface area (Å²) in [5.41, 5.74) is 5.19. The number of hydrogen-bond donors (Lipinski definition) is 1. The number of benzene rings is 1. The fourth-order valence-electron chi connectivity index (χ4n) is 3.27. The second-order valence-corrected chi connectivity index (χ2v) is 6.06. The summed E-state index contributed by atoms with van der Waals surface area (Å²) in [6.07, 6.45) is 15.4. The van der Waals surface area contributed by atoms with Crippen LogP contribution < -0.4 is 5.32 Å². The lowest BCUT2D eigenvalue weighted by Crippen LogP contribution is -2.33. The molecule has 1 aliphatic heterocycles. The van der Waals surface area contributed by atoms with Crippen LogP contribution in [-0.2, 0) is 5.41 Å². The molecule has 2 unspecified atom stereocenters. The first-order valence-corrected chi connectivity index (χ1v) is 7.79. The SMILES string of the molecule is C=C/C(=C\CCC)c1ccc2c(c1)C1(C)C=CC=CC1N2. The van der Waals surface area contributed by atoms with E-state index in [-0.39, 0.29) is 5.41 Å². The monoisotopic (exact) mass is 277 g/mol. The molecule has 1 aromatic rings. The quantitative estimate of drug-likeness (QED) is 0.743. The number of unbranched alkanes of at least 4 members (excludes halogenated alkanes) is 1. The van der Waals surface area contributed by atoms with E-state index in [9.17, 15) is 0 Å². The predicted octanol–water partition coefficient (Wildman–Crippen LogP) is 5.23. The van der Waals surface area contributed by atoms with Crippen LogP contribution in [0.4, 0.5) is 5.69 Å². The zero-order valence-corrected chi connectivity index (χ0v) is 12.9. The molecule has 1 heteroatoms. The van der Waals surface area contributed by atoms with E-state index in [0.717, 1.165) is 12.8 Å². The number of hydrogen-bond acceptors (Lipinski definition) is 1. The molecule has 0 spiro atoms. The molecule has 2 atom stereocenters. The van der Waals surface area contributed by atoms with Gasteiger partial charge in [0.15, 0.2) is 0 Å². The molecule has 0 amide bonds. The third-order valence-electron chi connectivity index (χ3n) is 4.62. The van der Waals surface area contributed by atoms with Crippen molar-refractivity contribution in [3.8, 4) is 0 Å². The van der Waals surface area contributed by atoms with Gasteiger partial charge >= 0.3 is 0 Å². The van der Waals surface area contributed by atoms with Crippen LogP contribution in [0, 0.1) is 0 Å². The molecule has 108 valence electrons. The number of nitrogens with one attached hydrogen (secondary N) is 1. The van der Waals surface area contributed by atoms with Crippen molar-refractivity contribution in [3.63, 3.8) is 0 Å². The Hall–Kier alpha value is -2.02. The molecular weight excluding hydrogens is 254 g/mol. The largest absolute Gasteiger partial charge is 0.377 e. The number of rotatable bonds is 4. The molecule has 2 aliphatic rings. The van der Waals surface area contributed by atoms with Gasteiger partial charge < -0.3 is 5.32 Å². The van der Waals surface area contributed by atoms with Crippen molar-refractivity contribution >= 4 is 11.3 Å². The first-order chi connectivity index (χ1) is 10.2. The maximum atomic E-state index is 3.97. The Labute approximate surface area is 127 Å². The first kappa shape index (κ1) is 13.9. The third-order valence-corrected chi connectivity index (χ3v) is 4.62. The van der Waals surface area contributed by atoms with Crippen molar-refractivity contribution in [1.82, 2.24) is 0 Å². The predicted molar refractivity (Wildman–Crippen MR) is 92.6 cm³/mol. The van der Waals surface area contributed by atoms with Gasteiger partial charge in [0.2, 0.25) is 0 Å². The minimum atomic E-state index is 0.0527. The zero-order chi connectivity index (χ0) is 14.9. The highest BCUT2D eigenvalue weighted by atomic mass is 15.0. The summed E-state index contributed by atoms with van der Waals surface area (Å²) < 4.78 is 0. The molecule has 0 fully saturated rings. The Balaban J connectivity index is 2.03. The molecule has 1 N–H and O–H groups in total. The van der Waals surface area contributed by atoms with Gasteiger partial charge in [-0.15, -0.1) is 0 Å². The summed E-state index contributed by atoms with van der Waals surface area (Å²) in [7, 11) is 0. The number of allylic oxidation sites excluding steroid dienone is 5. The normalized spacial score (nSPS) is 26.2. The maximum absolute atomic E-state index is 3.97. The lowest BCUT2D eigenvalue weighted by molar-refractivity contribution is 0.578. The smallest absolute Gasteiger partial charge is 0.0577 e. The lowest BCUT2D eigenvalue weighted by Gasteiger charge is -2.28. The Morgan fingerprint density at radius 2 is 2.24 bits per heavy atom. The Morgan fingerprint density at radius 3 is 3.00 bits per heavy atom. The van der Waals surface area contributed by atoms with Crippen LogP contribution in [-0.4, -0.2) is 6.04 Å². The highest BCUT2D eigenvalue weighted by Gasteiger charge is 2.40. The average Bonchev–Trinajstić information content (AvgIpc) is 2.80. The standard InChI is InChI=1S/C20H23N/c1-4-6-9-15(5-2)16-11-12-18-17(14-16)20(3)13-8-7-10-19(20)21-18/h5,7-14,19,21H,2,4,6H2,1,3H3/b15-9+. The molecule has 0 saturated heterocycles. The van der Waals surface area contributed by atoms with Gasteiger partial charge in [0.25, 0.3) is 0 Å². The van der Waals surface area contributed by atoms with Crippen LogP contribution in [0.5, 0.6) is 0 Å². The third kappa shape index (κ3) is 2.27. The van der Waals surface area contributed by atoms with Crippen LogP contribution in [0.1, 0.15) is 37.8 Å². The van der Waals surface area contributed by atoms with E-state index in [1.165, 1.54) is 22.4 Å². The Kier molecular flexibility index (Phi) is 3.59. The maximum Gasteiger partial charge on any atom is 0.0577 e. The van der Waals surface area contributed by atoms with Gasteiger partial charge in [-0.1, -0.05) is 62.4 Å². The van der Waals surface area contributed by atoms with E-state index in [2.05, 4.69) is 74.3 Å². The van der Waals surface area contributed by atoms with Crippen LogP contribution in [0.2, 0.25) is 0 Å². The van der Waals surface area contributed by atoms with Gasteiger partial charge in [-0.3, -0.25) is 0 Å². The molecule has 3 rings (SSSR count). The summed E-state index contributed by atoms with van der Waals surface area (Å²) in [6.45, 7) is 8.49. The van der Waals surface area contributed by atoms with Gasteiger partial charge in [0.1, 0.15) is 0 Å². The van der Waals surface area contributed by atoms with Crippen LogP contribution in [0.15, 0.2) is 61.2 Å². The molecule has 1 nitrogen and oxygen atoms in total. The van der Waals surface area contributed by atoms with E-state index < -0.39 is 0 Å². The summed E-state index contributed by atoms with van der Waals surface area (Å²) >= 11 is 0. The molecule has 0 aromatic heterocycles. The van der Waals surface area contributed by atoms with Gasteiger partial charge in [0.05, 0.1) is 6.04 Å². The van der Waals surface area contributed by atoms with Crippen molar-refractivity contribution in [1.29, 1.82) is 0 Å². The average molecular weight is 277 g/mol. The van der Waals surface area contributed by atoms with E-state index in [1.54, 1.807) is 0 Å². The van der Waals surface area contributed by atoms with Crippen LogP contribution in [0.25, 0.3) is 5.57 Å². The van der Waals surface area contributed by atoms with E-state index >= 15 is 0 Å². The van der Waals surface area contributed by atoms with Crippen molar-refractivity contribution in [2.75, 3.05) is 5.32 Å². The molecule has 1 heterocycles. The second-order valence-electron chi connectivity index (χ2n) is 6.06. The molecule has 1 aromatic carbocycles. The van der Waals surface area contributed by atoms with Crippen LogP contribution >= 0.6 is 0 Å². The van der Waals surface area contributed by atoms with Gasteiger partial charge in [-0.25, -0.2) is 0 Å². The highest BCUT2D eigenvalue weighted by Crippen LogP contribution is 2.45. The van der Waals surface area contributed by atoms with Gasteiger partial charge in [-0.05, 0) is 42.2 Å². The highest BCUT2D eigenvalue weighted by molar-refractivity contribution is 5.78. The zero-order valence-electron chi connectivity index (χ0n) is 12.9. The Morgan fingerprint density at radius 1 is 1.38 bits per heavy atom. The molecule has 1 aliphatic carbocycles. The van der Waals surface area contributed by atoms with Crippen molar-refractivity contribution in [3.05, 3.63) is 72.4 Å². The summed E-state index contributed by atoms with van der Waals surface area (Å²) in [4.78, 5) is 0. The molecular formula is C20H23N. The molecule has 21 heavy (non-hydrogen) atoms. The minimum absolute atomic E-state index is 0.0527. The van der Waals surface area contributed by atoms with E-state index in [1.807, 2.05) is 6.08 Å². The fourth-order valence-corrected chi connectivity index (χ4v) is 3.27. The summed E-state index contributed by atoms with van der Waals surface area (Å²) in [5, 5.41) is 3.62. The van der Waals surface area contributed by atoms with Crippen LogP contribution in [0.3, 0.4) is 0 Å². The first-order valence-electron chi connectivity index (χ1n) is 7.79.